The van der Waals surface area contributed by atoms with E-state index in [2.05, 4.69) is 0 Å². The van der Waals surface area contributed by atoms with Gasteiger partial charge in [0.25, 0.3) is 11.8 Å². The number of carbonyl (C=O) groups is 6. The summed E-state index contributed by atoms with van der Waals surface area (Å²) >= 11 is 0. The molecule has 0 spiro atoms. The van der Waals surface area contributed by atoms with Gasteiger partial charge in [0.15, 0.2) is 0 Å². The van der Waals surface area contributed by atoms with Gasteiger partial charge >= 0.3 is 6.18 Å². The van der Waals surface area contributed by atoms with Crippen molar-refractivity contribution in [2.24, 2.45) is 0 Å². The molecule has 2 amide bonds. The number of hydrogen-bond acceptors (Lipinski definition) is 10. The highest BCUT2D eigenvalue weighted by Crippen LogP contribution is 2.34. The molecular formula is C25H11F3N2O10-4. The molecule has 0 saturated heterocycles. The van der Waals surface area contributed by atoms with Crippen LogP contribution in [0.25, 0.3) is 0 Å². The van der Waals surface area contributed by atoms with Crippen LogP contribution in [0.2, 0.25) is 0 Å². The van der Waals surface area contributed by atoms with E-state index in [0.717, 1.165) is 18.2 Å². The van der Waals surface area contributed by atoms with E-state index in [1.54, 1.807) is 0 Å². The maximum atomic E-state index is 13.6. The number of carboxylic acids is 4. The van der Waals surface area contributed by atoms with Crippen LogP contribution in [0.1, 0.15) is 67.7 Å². The molecule has 40 heavy (non-hydrogen) atoms. The van der Waals surface area contributed by atoms with E-state index in [9.17, 15) is 62.4 Å². The van der Waals surface area contributed by atoms with Crippen LogP contribution >= 0.6 is 0 Å². The first-order valence-electron chi connectivity index (χ1n) is 10.6. The lowest BCUT2D eigenvalue weighted by atomic mass is 10.0. The molecule has 0 heterocycles. The number of alkyl halides is 3. The summed E-state index contributed by atoms with van der Waals surface area (Å²) in [6, 6.07) is 5.78. The number of carbonyl (C=O) groups excluding carboxylic acids is 6. The molecule has 0 aliphatic rings. The van der Waals surface area contributed by atoms with Gasteiger partial charge in [0.1, 0.15) is 0 Å². The fraction of sp³-hybridized carbons (Fsp3) is 0.0400. The molecule has 12 nitrogen and oxygen atoms in total. The largest absolute Gasteiger partial charge is 0.545 e. The van der Waals surface area contributed by atoms with Gasteiger partial charge < -0.3 is 50.2 Å². The first kappa shape index (κ1) is 28.8. The number of halogens is 3. The van der Waals surface area contributed by atoms with Crippen molar-refractivity contribution in [3.8, 4) is 0 Å². The summed E-state index contributed by atoms with van der Waals surface area (Å²) in [4.78, 5) is 70.4. The fourth-order valence-electron chi connectivity index (χ4n) is 3.41. The molecule has 0 bridgehead atoms. The molecule has 2 N–H and O–H groups in total. The maximum Gasteiger partial charge on any atom is 0.416 e. The highest BCUT2D eigenvalue weighted by molar-refractivity contribution is 6.13. The zero-order chi connectivity index (χ0) is 29.9. The molecule has 206 valence electrons. The molecule has 3 aromatic carbocycles. The Kier molecular flexibility index (Phi) is 7.89. The minimum Gasteiger partial charge on any atom is -0.545 e. The summed E-state index contributed by atoms with van der Waals surface area (Å²) in [5.74, 6) is -10.1. The van der Waals surface area contributed by atoms with Crippen LogP contribution in [-0.2, 0) is 6.18 Å². The van der Waals surface area contributed by atoms with Crippen LogP contribution in [-0.4, -0.2) is 35.7 Å². The third-order valence-electron chi connectivity index (χ3n) is 5.22. The predicted molar refractivity (Wildman–Crippen MR) is 118 cm³/mol. The first-order valence-corrected chi connectivity index (χ1v) is 10.6. The Morgan fingerprint density at radius 1 is 0.525 bits per heavy atom. The highest BCUT2D eigenvalue weighted by Gasteiger charge is 2.32. The maximum absolute atomic E-state index is 13.6. The minimum atomic E-state index is -5.06. The van der Waals surface area contributed by atoms with Gasteiger partial charge in [-0.05, 0) is 41.5 Å². The van der Waals surface area contributed by atoms with Crippen LogP contribution in [0.15, 0.2) is 54.6 Å². The summed E-state index contributed by atoms with van der Waals surface area (Å²) in [5.41, 5.74) is -7.23. The van der Waals surface area contributed by atoms with E-state index in [1.807, 2.05) is 10.6 Å². The fourth-order valence-corrected chi connectivity index (χ4v) is 3.41. The number of rotatable bonds is 8. The van der Waals surface area contributed by atoms with E-state index in [1.165, 1.54) is 0 Å². The smallest absolute Gasteiger partial charge is 0.416 e. The van der Waals surface area contributed by atoms with Gasteiger partial charge in [-0.3, -0.25) is 9.59 Å². The monoisotopic (exact) mass is 556 g/mol. The number of benzene rings is 3. The lowest BCUT2D eigenvalue weighted by Crippen LogP contribution is -2.29. The van der Waals surface area contributed by atoms with Crippen LogP contribution in [0.4, 0.5) is 24.5 Å². The second kappa shape index (κ2) is 10.9. The van der Waals surface area contributed by atoms with Crippen LogP contribution < -0.4 is 31.1 Å². The standard InChI is InChI=1S/C25H15F3N2O10/c26-25(27,28)12-7-13(29-19(31)17-5-10(21(33)34)1-3-15(17)23(37)38)9-14(8-12)30-20(32)18-6-11(22(35)36)2-4-16(18)24(39)40/h1-9H,(H,29,31)(H,30,32)(H,33,34)(H,35,36)(H,37,38)(H,39,40)/p-4. The second-order valence-electron chi connectivity index (χ2n) is 7.88. The molecule has 3 rings (SSSR count). The number of amides is 2. The third kappa shape index (κ3) is 6.39. The lowest BCUT2D eigenvalue weighted by Gasteiger charge is -2.17. The van der Waals surface area contributed by atoms with Gasteiger partial charge in [-0.1, -0.05) is 24.3 Å². The Morgan fingerprint density at radius 2 is 0.900 bits per heavy atom. The van der Waals surface area contributed by atoms with Gasteiger partial charge in [-0.2, -0.15) is 13.2 Å². The molecule has 0 saturated carbocycles. The number of nitrogens with one attached hydrogen (secondary N) is 2. The summed E-state index contributed by atoms with van der Waals surface area (Å²) < 4.78 is 40.7. The van der Waals surface area contributed by atoms with Crippen LogP contribution in [0.5, 0.6) is 0 Å². The third-order valence-corrected chi connectivity index (χ3v) is 5.22. The summed E-state index contributed by atoms with van der Waals surface area (Å²) in [6.07, 6.45) is -5.06. The van der Waals surface area contributed by atoms with E-state index in [-0.39, 0.29) is 0 Å². The molecule has 0 radical (unpaired) electrons. The van der Waals surface area contributed by atoms with Gasteiger partial charge in [0.2, 0.25) is 0 Å². The average molecular weight is 556 g/mol. The van der Waals surface area contributed by atoms with Gasteiger partial charge in [0, 0.05) is 33.6 Å². The number of aromatic carboxylic acids is 4. The first-order chi connectivity index (χ1) is 18.6. The summed E-state index contributed by atoms with van der Waals surface area (Å²) in [7, 11) is 0. The quantitative estimate of drug-likeness (QED) is 0.333. The Balaban J connectivity index is 2.04. The molecule has 3 aromatic rings. The van der Waals surface area contributed by atoms with Crippen molar-refractivity contribution in [2.75, 3.05) is 10.6 Å². The number of hydrogen-bond donors (Lipinski definition) is 2. The molecule has 15 heteroatoms. The number of carboxylic acid groups (broad SMARTS) is 4. The molecular weight excluding hydrogens is 545 g/mol. The van der Waals surface area contributed by atoms with Gasteiger partial charge in [-0.25, -0.2) is 0 Å². The Bertz CT molecular complexity index is 1490. The zero-order valence-electron chi connectivity index (χ0n) is 19.4. The Morgan fingerprint density at radius 3 is 1.20 bits per heavy atom. The number of anilines is 2. The van der Waals surface area contributed by atoms with Crippen molar-refractivity contribution >= 4 is 47.1 Å². The second-order valence-corrected chi connectivity index (χ2v) is 7.88. The molecule has 0 aliphatic carbocycles. The molecule has 0 aromatic heterocycles. The van der Waals surface area contributed by atoms with E-state index in [4.69, 9.17) is 0 Å². The molecule has 0 fully saturated rings. The van der Waals surface area contributed by atoms with Crippen molar-refractivity contribution in [2.45, 2.75) is 6.18 Å². The lowest BCUT2D eigenvalue weighted by molar-refractivity contribution is -0.256. The highest BCUT2D eigenvalue weighted by atomic mass is 19.4. The molecule has 0 aliphatic heterocycles. The van der Waals surface area contributed by atoms with Crippen molar-refractivity contribution in [3.05, 3.63) is 93.5 Å². The van der Waals surface area contributed by atoms with Gasteiger partial charge in [-0.15, -0.1) is 0 Å². The SMILES string of the molecule is O=C([O-])c1ccc(C(=O)[O-])c(C(=O)Nc2cc(NC(=O)c3cc(C(=O)[O-])ccc3C(=O)[O-])cc(C(F)(F)F)c2)c1. The van der Waals surface area contributed by atoms with Crippen molar-refractivity contribution in [1.82, 2.24) is 0 Å². The van der Waals surface area contributed by atoms with Crippen molar-refractivity contribution in [3.63, 3.8) is 0 Å². The van der Waals surface area contributed by atoms with E-state index < -0.39 is 92.2 Å². The van der Waals surface area contributed by atoms with E-state index in [0.29, 0.717) is 36.4 Å². The van der Waals surface area contributed by atoms with Crippen molar-refractivity contribution < 1.29 is 62.4 Å². The zero-order valence-corrected chi connectivity index (χ0v) is 19.4. The summed E-state index contributed by atoms with van der Waals surface area (Å²) in [5, 5.41) is 48.9. The van der Waals surface area contributed by atoms with Gasteiger partial charge in [0.05, 0.1) is 29.4 Å². The van der Waals surface area contributed by atoms with Crippen LogP contribution in [0.3, 0.4) is 0 Å². The predicted octanol–water partition coefficient (Wildman–Crippen LogP) is -1.34. The average Bonchev–Trinajstić information content (AvgIpc) is 2.86. The normalized spacial score (nSPS) is 10.9. The molecule has 0 atom stereocenters. The van der Waals surface area contributed by atoms with Crippen molar-refractivity contribution in [1.29, 1.82) is 0 Å². The van der Waals surface area contributed by atoms with Crippen LogP contribution in [0, 0.1) is 0 Å². The Labute approximate surface area is 220 Å². The topological polar surface area (TPSA) is 219 Å². The Hall–Kier alpha value is -5.73. The van der Waals surface area contributed by atoms with E-state index >= 15 is 0 Å². The molecule has 0 unspecified atom stereocenters. The minimum absolute atomic E-state index is 0.401. The summed E-state index contributed by atoms with van der Waals surface area (Å²) in [6.45, 7) is 0.